The number of imidazole rings is 1. The molecule has 168 valence electrons. The summed E-state index contributed by atoms with van der Waals surface area (Å²) >= 11 is 0. The highest BCUT2D eigenvalue weighted by Gasteiger charge is 2.46. The van der Waals surface area contributed by atoms with Crippen LogP contribution < -0.4 is 0 Å². The zero-order valence-corrected chi connectivity index (χ0v) is 17.9. The predicted molar refractivity (Wildman–Crippen MR) is 112 cm³/mol. The lowest BCUT2D eigenvalue weighted by atomic mass is 9.94. The zero-order chi connectivity index (χ0) is 23.0. The molecular formula is C23H19F3N6O. The number of aromatic nitrogens is 5. The highest BCUT2D eigenvalue weighted by atomic mass is 19.2. The lowest BCUT2D eigenvalue weighted by Gasteiger charge is -2.34. The number of amides is 1. The summed E-state index contributed by atoms with van der Waals surface area (Å²) in [4.78, 5) is 20.0. The molecule has 0 spiro atoms. The van der Waals surface area contributed by atoms with Crippen molar-refractivity contribution in [2.75, 3.05) is 0 Å². The molecule has 2 unspecified atom stereocenters. The summed E-state index contributed by atoms with van der Waals surface area (Å²) in [7, 11) is 1.69. The van der Waals surface area contributed by atoms with Gasteiger partial charge in [0, 0.05) is 30.4 Å². The molecule has 1 fully saturated rings. The van der Waals surface area contributed by atoms with Crippen LogP contribution in [-0.4, -0.2) is 41.2 Å². The fraction of sp³-hybridized carbons (Fsp3) is 0.304. The van der Waals surface area contributed by atoms with E-state index < -0.39 is 17.5 Å². The van der Waals surface area contributed by atoms with Crippen LogP contribution in [0.15, 0.2) is 30.5 Å². The highest BCUT2D eigenvalue weighted by molar-refractivity contribution is 5.95. The topological polar surface area (TPSA) is 68.3 Å². The Labute approximate surface area is 186 Å². The molecule has 3 aromatic heterocycles. The molecular weight excluding hydrogens is 433 g/mol. The van der Waals surface area contributed by atoms with Crippen molar-refractivity contribution in [2.45, 2.75) is 38.3 Å². The molecule has 6 rings (SSSR count). The number of hydrogen-bond donors (Lipinski definition) is 0. The third kappa shape index (κ3) is 2.76. The second kappa shape index (κ2) is 6.90. The Balaban J connectivity index is 1.44. The van der Waals surface area contributed by atoms with Gasteiger partial charge in [-0.15, -0.1) is 0 Å². The predicted octanol–water partition coefficient (Wildman–Crippen LogP) is 3.76. The minimum absolute atomic E-state index is 0.0956. The van der Waals surface area contributed by atoms with Crippen molar-refractivity contribution in [3.8, 4) is 11.3 Å². The van der Waals surface area contributed by atoms with Crippen molar-refractivity contribution in [2.24, 2.45) is 7.05 Å². The van der Waals surface area contributed by atoms with Crippen LogP contribution in [0, 0.1) is 24.4 Å². The van der Waals surface area contributed by atoms with Gasteiger partial charge in [0.15, 0.2) is 28.8 Å². The van der Waals surface area contributed by atoms with Gasteiger partial charge in [-0.25, -0.2) is 22.7 Å². The average Bonchev–Trinajstić information content (AvgIpc) is 3.41. The first kappa shape index (κ1) is 20.0. The van der Waals surface area contributed by atoms with E-state index in [1.165, 1.54) is 0 Å². The third-order valence-electron chi connectivity index (χ3n) is 6.70. The van der Waals surface area contributed by atoms with Gasteiger partial charge in [-0.2, -0.15) is 10.2 Å². The standard InChI is InChI=1S/C23H19F3N6O/c1-11-21(32-18(28-11)4-3-7-27-32)23(33)31-13-5-6-17(31)20-14(10-13)22(30(2)29-20)12-8-15(24)19(26)16(25)9-12/h3-4,7-9,13,17H,5-6,10H2,1-2H3. The fourth-order valence-corrected chi connectivity index (χ4v) is 5.37. The number of carbonyl (C=O) groups is 1. The summed E-state index contributed by atoms with van der Waals surface area (Å²) in [6.07, 6.45) is 3.62. The second-order valence-corrected chi connectivity index (χ2v) is 8.59. The van der Waals surface area contributed by atoms with Gasteiger partial charge in [0.1, 0.15) is 0 Å². The molecule has 10 heteroatoms. The molecule has 0 radical (unpaired) electrons. The number of halogens is 3. The maximum Gasteiger partial charge on any atom is 0.275 e. The van der Waals surface area contributed by atoms with Crippen LogP contribution in [0.5, 0.6) is 0 Å². The van der Waals surface area contributed by atoms with Crippen LogP contribution in [0.2, 0.25) is 0 Å². The summed E-state index contributed by atoms with van der Waals surface area (Å²) in [5.74, 6) is -4.15. The number of rotatable bonds is 2. The second-order valence-electron chi connectivity index (χ2n) is 8.59. The molecule has 2 atom stereocenters. The van der Waals surface area contributed by atoms with Crippen molar-refractivity contribution in [3.63, 3.8) is 0 Å². The third-order valence-corrected chi connectivity index (χ3v) is 6.70. The van der Waals surface area contributed by atoms with E-state index in [9.17, 15) is 18.0 Å². The van der Waals surface area contributed by atoms with E-state index in [0.29, 0.717) is 34.8 Å². The monoisotopic (exact) mass is 452 g/mol. The first-order valence-electron chi connectivity index (χ1n) is 10.7. The number of nitrogens with zero attached hydrogens (tertiary/aromatic N) is 6. The molecule has 2 aliphatic heterocycles. The largest absolute Gasteiger partial charge is 0.325 e. The highest BCUT2D eigenvalue weighted by Crippen LogP contribution is 2.47. The molecule has 5 heterocycles. The van der Waals surface area contributed by atoms with E-state index in [1.54, 1.807) is 41.5 Å². The molecule has 2 bridgehead atoms. The molecule has 2 aliphatic rings. The van der Waals surface area contributed by atoms with E-state index in [0.717, 1.165) is 30.5 Å². The Kier molecular flexibility index (Phi) is 4.17. The van der Waals surface area contributed by atoms with E-state index in [2.05, 4.69) is 15.2 Å². The Morgan fingerprint density at radius 2 is 1.91 bits per heavy atom. The SMILES string of the molecule is Cc1nc2cccnn2c1C(=O)N1C2CCC1c1nn(C)c(-c3cc(F)c(F)c(F)c3)c1C2. The molecule has 1 amide bonds. The van der Waals surface area contributed by atoms with Crippen molar-refractivity contribution in [3.05, 3.63) is 70.6 Å². The van der Waals surface area contributed by atoms with Crippen LogP contribution in [0.4, 0.5) is 13.2 Å². The van der Waals surface area contributed by atoms with Crippen molar-refractivity contribution in [1.29, 1.82) is 0 Å². The summed E-state index contributed by atoms with van der Waals surface area (Å²) in [5, 5.41) is 8.93. The molecule has 1 saturated heterocycles. The van der Waals surface area contributed by atoms with Crippen LogP contribution in [-0.2, 0) is 13.5 Å². The fourth-order valence-electron chi connectivity index (χ4n) is 5.37. The normalized spacial score (nSPS) is 19.4. The van der Waals surface area contributed by atoms with Gasteiger partial charge in [-0.05, 0) is 50.5 Å². The Bertz CT molecular complexity index is 1440. The van der Waals surface area contributed by atoms with Gasteiger partial charge in [-0.3, -0.25) is 9.48 Å². The van der Waals surface area contributed by atoms with E-state index >= 15 is 0 Å². The molecule has 33 heavy (non-hydrogen) atoms. The molecule has 4 aromatic rings. The van der Waals surface area contributed by atoms with E-state index in [-0.39, 0.29) is 23.6 Å². The Hall–Kier alpha value is -3.69. The average molecular weight is 452 g/mol. The summed E-state index contributed by atoms with van der Waals surface area (Å²) < 4.78 is 44.5. The molecule has 0 saturated carbocycles. The first-order valence-corrected chi connectivity index (χ1v) is 10.7. The van der Waals surface area contributed by atoms with Crippen molar-refractivity contribution < 1.29 is 18.0 Å². The van der Waals surface area contributed by atoms with Gasteiger partial charge >= 0.3 is 0 Å². The van der Waals surface area contributed by atoms with Gasteiger partial charge in [-0.1, -0.05) is 0 Å². The van der Waals surface area contributed by atoms with Gasteiger partial charge in [0.25, 0.3) is 5.91 Å². The molecule has 7 nitrogen and oxygen atoms in total. The van der Waals surface area contributed by atoms with E-state index in [1.807, 2.05) is 4.90 Å². The van der Waals surface area contributed by atoms with Gasteiger partial charge < -0.3 is 4.90 Å². The molecule has 0 N–H and O–H groups in total. The van der Waals surface area contributed by atoms with Gasteiger partial charge in [0.2, 0.25) is 0 Å². The maximum atomic E-state index is 13.9. The smallest absolute Gasteiger partial charge is 0.275 e. The number of benzene rings is 1. The molecule has 1 aromatic carbocycles. The first-order chi connectivity index (χ1) is 15.8. The van der Waals surface area contributed by atoms with Crippen LogP contribution in [0.3, 0.4) is 0 Å². The number of carbonyl (C=O) groups excluding carboxylic acids is 1. The Morgan fingerprint density at radius 1 is 1.15 bits per heavy atom. The van der Waals surface area contributed by atoms with E-state index in [4.69, 9.17) is 0 Å². The number of fused-ring (bicyclic) bond motifs is 5. The van der Waals surface area contributed by atoms with Crippen molar-refractivity contribution in [1.82, 2.24) is 29.3 Å². The lowest BCUT2D eigenvalue weighted by Crippen LogP contribution is -2.42. The summed E-state index contributed by atoms with van der Waals surface area (Å²) in [6, 6.07) is 5.18. The summed E-state index contributed by atoms with van der Waals surface area (Å²) in [5.41, 5.74) is 3.94. The minimum Gasteiger partial charge on any atom is -0.325 e. The quantitative estimate of drug-likeness (QED) is 0.435. The van der Waals surface area contributed by atoms with Crippen molar-refractivity contribution >= 4 is 11.6 Å². The Morgan fingerprint density at radius 3 is 2.67 bits per heavy atom. The molecule has 0 aliphatic carbocycles. The zero-order valence-electron chi connectivity index (χ0n) is 17.9. The van der Waals surface area contributed by atoms with Gasteiger partial charge in [0.05, 0.1) is 23.1 Å². The minimum atomic E-state index is -1.50. The van der Waals surface area contributed by atoms with Crippen LogP contribution in [0.25, 0.3) is 16.9 Å². The number of hydrogen-bond acceptors (Lipinski definition) is 4. The van der Waals surface area contributed by atoms with Crippen LogP contribution >= 0.6 is 0 Å². The number of aryl methyl sites for hydroxylation is 2. The lowest BCUT2D eigenvalue weighted by molar-refractivity contribution is 0.0633. The summed E-state index contributed by atoms with van der Waals surface area (Å²) in [6.45, 7) is 1.79. The maximum absolute atomic E-state index is 13.9. The van der Waals surface area contributed by atoms with Crippen LogP contribution in [0.1, 0.15) is 46.3 Å².